The van der Waals surface area contributed by atoms with Crippen molar-refractivity contribution in [2.45, 2.75) is 71.3 Å². The van der Waals surface area contributed by atoms with Gasteiger partial charge in [-0.2, -0.15) is 0 Å². The Bertz CT molecular complexity index is 626. The van der Waals surface area contributed by atoms with Gasteiger partial charge < -0.3 is 10.2 Å². The van der Waals surface area contributed by atoms with Crippen molar-refractivity contribution >= 4 is 23.0 Å². The molecule has 5 heteroatoms. The highest BCUT2D eigenvalue weighted by Crippen LogP contribution is 2.26. The highest BCUT2D eigenvalue weighted by Gasteiger charge is 2.24. The van der Waals surface area contributed by atoms with E-state index < -0.39 is 0 Å². The van der Waals surface area contributed by atoms with E-state index in [0.717, 1.165) is 47.2 Å². The fourth-order valence-corrected chi connectivity index (χ4v) is 5.33. The first-order valence-electron chi connectivity index (χ1n) is 10.1. The lowest BCUT2D eigenvalue weighted by atomic mass is 10.0. The van der Waals surface area contributed by atoms with E-state index in [1.54, 1.807) is 11.3 Å². The highest BCUT2D eigenvalue weighted by molar-refractivity contribution is 7.12. The smallest absolute Gasteiger partial charge is 0.220 e. The van der Waals surface area contributed by atoms with Crippen LogP contribution in [0.1, 0.15) is 71.5 Å². The van der Waals surface area contributed by atoms with Crippen LogP contribution in [0.15, 0.2) is 6.07 Å². The largest absolute Gasteiger partial charge is 0.353 e. The van der Waals surface area contributed by atoms with Gasteiger partial charge in [0.25, 0.3) is 0 Å². The zero-order valence-corrected chi connectivity index (χ0v) is 17.0. The predicted molar refractivity (Wildman–Crippen MR) is 107 cm³/mol. The van der Waals surface area contributed by atoms with E-state index in [1.807, 2.05) is 19.9 Å². The summed E-state index contributed by atoms with van der Waals surface area (Å²) in [6, 6.07) is 2.22. The van der Waals surface area contributed by atoms with Gasteiger partial charge in [0.15, 0.2) is 5.78 Å². The van der Waals surface area contributed by atoms with E-state index >= 15 is 0 Å². The van der Waals surface area contributed by atoms with Gasteiger partial charge in [0.1, 0.15) is 0 Å². The van der Waals surface area contributed by atoms with Crippen molar-refractivity contribution in [2.24, 2.45) is 5.92 Å². The number of hydrogen-bond acceptors (Lipinski definition) is 4. The van der Waals surface area contributed by atoms with Crippen LogP contribution in [-0.2, 0) is 4.79 Å². The van der Waals surface area contributed by atoms with Gasteiger partial charge in [0.05, 0.1) is 0 Å². The second-order valence-corrected chi connectivity index (χ2v) is 9.50. The number of likely N-dealkylation sites (tertiary alicyclic amines) is 1. The van der Waals surface area contributed by atoms with Crippen molar-refractivity contribution in [1.82, 2.24) is 10.2 Å². The Morgan fingerprint density at radius 1 is 1.12 bits per heavy atom. The highest BCUT2D eigenvalue weighted by atomic mass is 32.1. The van der Waals surface area contributed by atoms with Gasteiger partial charge in [-0.15, -0.1) is 11.3 Å². The van der Waals surface area contributed by atoms with Gasteiger partial charge in [-0.3, -0.25) is 9.59 Å². The lowest BCUT2D eigenvalue weighted by Crippen LogP contribution is -2.45. The maximum Gasteiger partial charge on any atom is 0.220 e. The SMILES string of the molecule is Cc1cc(C(=O)CCC(=O)NC2CCN(CC3CCCC3)CC2)c(C)s1. The molecule has 1 aliphatic carbocycles. The van der Waals surface area contributed by atoms with Crippen LogP contribution in [0.4, 0.5) is 0 Å². The molecule has 1 saturated carbocycles. The first-order chi connectivity index (χ1) is 12.5. The molecule has 2 fully saturated rings. The van der Waals surface area contributed by atoms with Crippen molar-refractivity contribution in [3.8, 4) is 0 Å². The van der Waals surface area contributed by atoms with Crippen LogP contribution in [0.2, 0.25) is 0 Å². The van der Waals surface area contributed by atoms with Crippen molar-refractivity contribution in [3.63, 3.8) is 0 Å². The number of carbonyl (C=O) groups excluding carboxylic acids is 2. The molecule has 0 unspecified atom stereocenters. The third-order valence-electron chi connectivity index (χ3n) is 5.86. The van der Waals surface area contributed by atoms with Crippen LogP contribution in [0.3, 0.4) is 0 Å². The average Bonchev–Trinajstić information content (AvgIpc) is 3.23. The Labute approximate surface area is 161 Å². The molecular weight excluding hydrogens is 344 g/mol. The number of nitrogens with zero attached hydrogens (tertiary/aromatic N) is 1. The van der Waals surface area contributed by atoms with Crippen LogP contribution in [0.25, 0.3) is 0 Å². The van der Waals surface area contributed by atoms with Gasteiger partial charge >= 0.3 is 0 Å². The molecule has 0 spiro atoms. The first-order valence-corrected chi connectivity index (χ1v) is 10.9. The minimum absolute atomic E-state index is 0.0252. The molecule has 0 bridgehead atoms. The quantitative estimate of drug-likeness (QED) is 0.729. The van der Waals surface area contributed by atoms with Crippen molar-refractivity contribution < 1.29 is 9.59 Å². The molecule has 1 saturated heterocycles. The zero-order valence-electron chi connectivity index (χ0n) is 16.2. The third kappa shape index (κ3) is 5.40. The van der Waals surface area contributed by atoms with E-state index in [4.69, 9.17) is 0 Å². The van der Waals surface area contributed by atoms with E-state index in [1.165, 1.54) is 32.2 Å². The molecule has 0 atom stereocenters. The molecule has 26 heavy (non-hydrogen) atoms. The molecule has 1 N–H and O–H groups in total. The lowest BCUT2D eigenvalue weighted by molar-refractivity contribution is -0.122. The molecule has 3 rings (SSSR count). The summed E-state index contributed by atoms with van der Waals surface area (Å²) in [6.45, 7) is 7.42. The average molecular weight is 377 g/mol. The summed E-state index contributed by atoms with van der Waals surface area (Å²) in [5.74, 6) is 1.02. The Kier molecular flexibility index (Phi) is 6.87. The number of amides is 1. The minimum Gasteiger partial charge on any atom is -0.353 e. The van der Waals surface area contributed by atoms with Gasteiger partial charge in [-0.25, -0.2) is 0 Å². The zero-order chi connectivity index (χ0) is 18.5. The fraction of sp³-hybridized carbons (Fsp3) is 0.714. The van der Waals surface area contributed by atoms with Crippen LogP contribution < -0.4 is 5.32 Å². The van der Waals surface area contributed by atoms with Gasteiger partial charge in [0, 0.05) is 53.8 Å². The van der Waals surface area contributed by atoms with Gasteiger partial charge in [0.2, 0.25) is 5.91 Å². The van der Waals surface area contributed by atoms with E-state index in [9.17, 15) is 9.59 Å². The number of Topliss-reactive ketones (excluding diaryl/α,β-unsaturated/α-hetero) is 1. The van der Waals surface area contributed by atoms with Crippen LogP contribution in [-0.4, -0.2) is 42.3 Å². The summed E-state index contributed by atoms with van der Waals surface area (Å²) < 4.78 is 0. The molecule has 2 aliphatic rings. The Balaban J connectivity index is 1.35. The number of ketones is 1. The number of thiophene rings is 1. The number of hydrogen-bond donors (Lipinski definition) is 1. The summed E-state index contributed by atoms with van der Waals surface area (Å²) >= 11 is 1.65. The third-order valence-corrected chi connectivity index (χ3v) is 6.83. The Hall–Kier alpha value is -1.20. The summed E-state index contributed by atoms with van der Waals surface area (Å²) in [4.78, 5) is 29.3. The topological polar surface area (TPSA) is 49.4 Å². The fourth-order valence-electron chi connectivity index (χ4n) is 4.39. The number of aryl methyl sites for hydroxylation is 2. The molecular formula is C21H32N2O2S. The van der Waals surface area contributed by atoms with Crippen LogP contribution in [0.5, 0.6) is 0 Å². The maximum atomic E-state index is 12.3. The molecule has 1 aliphatic heterocycles. The molecule has 2 heterocycles. The van der Waals surface area contributed by atoms with Crippen LogP contribution >= 0.6 is 11.3 Å². The molecule has 1 aromatic heterocycles. The number of nitrogens with one attached hydrogen (secondary N) is 1. The second kappa shape index (κ2) is 9.14. The normalized spacial score (nSPS) is 19.8. The van der Waals surface area contributed by atoms with Crippen molar-refractivity contribution in [1.29, 1.82) is 0 Å². The summed E-state index contributed by atoms with van der Waals surface area (Å²) in [7, 11) is 0. The second-order valence-electron chi connectivity index (χ2n) is 8.04. The monoisotopic (exact) mass is 376 g/mol. The van der Waals surface area contributed by atoms with Crippen molar-refractivity contribution in [3.05, 3.63) is 21.4 Å². The Morgan fingerprint density at radius 2 is 1.81 bits per heavy atom. The van der Waals surface area contributed by atoms with E-state index in [0.29, 0.717) is 12.8 Å². The summed E-state index contributed by atoms with van der Waals surface area (Å²) in [6.07, 6.45) is 8.28. The maximum absolute atomic E-state index is 12.3. The molecule has 1 amide bonds. The summed E-state index contributed by atoms with van der Waals surface area (Å²) in [5.41, 5.74) is 0.792. The Morgan fingerprint density at radius 3 is 2.42 bits per heavy atom. The number of piperidine rings is 1. The molecule has 1 aromatic rings. The first kappa shape index (κ1) is 19.6. The molecule has 4 nitrogen and oxygen atoms in total. The van der Waals surface area contributed by atoms with Crippen LogP contribution in [0, 0.1) is 19.8 Å². The predicted octanol–water partition coefficient (Wildman–Crippen LogP) is 4.10. The lowest BCUT2D eigenvalue weighted by Gasteiger charge is -2.33. The molecule has 0 aromatic carbocycles. The summed E-state index contributed by atoms with van der Waals surface area (Å²) in [5, 5.41) is 3.14. The minimum atomic E-state index is 0.0252. The van der Waals surface area contributed by atoms with Gasteiger partial charge in [-0.1, -0.05) is 12.8 Å². The molecule has 0 radical (unpaired) electrons. The van der Waals surface area contributed by atoms with Gasteiger partial charge in [-0.05, 0) is 51.5 Å². The number of rotatable bonds is 7. The van der Waals surface area contributed by atoms with Crippen molar-refractivity contribution in [2.75, 3.05) is 19.6 Å². The standard InChI is InChI=1S/C21H32N2O2S/c1-15-13-19(16(2)26-15)20(24)7-8-21(25)22-18-9-11-23(12-10-18)14-17-5-3-4-6-17/h13,17-18H,3-12,14H2,1-2H3,(H,22,25). The van der Waals surface area contributed by atoms with E-state index in [-0.39, 0.29) is 17.7 Å². The number of carbonyl (C=O) groups is 2. The van der Waals surface area contributed by atoms with E-state index in [2.05, 4.69) is 10.2 Å². The molecule has 144 valence electrons.